The Balaban J connectivity index is 1.27. The van der Waals surface area contributed by atoms with E-state index in [4.69, 9.17) is 11.6 Å². The van der Waals surface area contributed by atoms with E-state index >= 15 is 0 Å². The van der Waals surface area contributed by atoms with Crippen LogP contribution >= 0.6 is 11.6 Å². The van der Waals surface area contributed by atoms with Gasteiger partial charge in [-0.2, -0.15) is 0 Å². The number of rotatable bonds is 6. The van der Waals surface area contributed by atoms with Gasteiger partial charge in [-0.3, -0.25) is 9.69 Å². The third-order valence-corrected chi connectivity index (χ3v) is 8.04. The van der Waals surface area contributed by atoms with Gasteiger partial charge >= 0.3 is 0 Å². The zero-order chi connectivity index (χ0) is 22.0. The number of hydrogen-bond acceptors (Lipinski definition) is 4. The van der Waals surface area contributed by atoms with Gasteiger partial charge in [0.25, 0.3) is 5.91 Å². The first-order valence-electron chi connectivity index (χ1n) is 10.9. The minimum absolute atomic E-state index is 0.132. The summed E-state index contributed by atoms with van der Waals surface area (Å²) < 4.78 is 23.2. The number of hydrogen-bond donors (Lipinski definition) is 1. The summed E-state index contributed by atoms with van der Waals surface area (Å²) in [5, 5.41) is 3.93. The second-order valence-corrected chi connectivity index (χ2v) is 11.3. The van der Waals surface area contributed by atoms with Crippen molar-refractivity contribution < 1.29 is 13.2 Å². The van der Waals surface area contributed by atoms with Gasteiger partial charge in [-0.25, -0.2) is 8.42 Å². The van der Waals surface area contributed by atoms with E-state index in [1.165, 1.54) is 36.8 Å². The van der Waals surface area contributed by atoms with Crippen molar-refractivity contribution in [1.82, 2.24) is 10.2 Å². The van der Waals surface area contributed by atoms with Gasteiger partial charge in [0.2, 0.25) is 0 Å². The highest BCUT2D eigenvalue weighted by Crippen LogP contribution is 2.31. The van der Waals surface area contributed by atoms with Crippen LogP contribution in [-0.2, 0) is 16.3 Å². The normalized spacial score (nSPS) is 22.6. The minimum atomic E-state index is -3.26. The largest absolute Gasteiger partial charge is 0.348 e. The van der Waals surface area contributed by atoms with Crippen molar-refractivity contribution in [3.63, 3.8) is 0 Å². The molecule has 0 unspecified atom stereocenters. The highest BCUT2D eigenvalue weighted by molar-refractivity contribution is 7.90. The van der Waals surface area contributed by atoms with E-state index in [0.29, 0.717) is 17.5 Å². The molecule has 31 heavy (non-hydrogen) atoms. The highest BCUT2D eigenvalue weighted by Gasteiger charge is 2.38. The fourth-order valence-electron chi connectivity index (χ4n) is 4.64. The predicted molar refractivity (Wildman–Crippen MR) is 123 cm³/mol. The number of amides is 1. The molecule has 1 amide bonds. The molecule has 0 spiro atoms. The Morgan fingerprint density at radius 3 is 2.19 bits per heavy atom. The van der Waals surface area contributed by atoms with Crippen LogP contribution < -0.4 is 5.32 Å². The molecule has 1 saturated carbocycles. The average molecular weight is 461 g/mol. The number of likely N-dealkylation sites (tertiary alicyclic amines) is 1. The summed E-state index contributed by atoms with van der Waals surface area (Å²) in [4.78, 5) is 15.4. The van der Waals surface area contributed by atoms with Crippen molar-refractivity contribution in [2.75, 3.05) is 19.3 Å². The molecule has 5 nitrogen and oxygen atoms in total. The number of carbonyl (C=O) groups is 1. The first-order valence-corrected chi connectivity index (χ1v) is 13.2. The fraction of sp³-hybridized carbons (Fsp3) is 0.458. The van der Waals surface area contributed by atoms with Crippen LogP contribution in [0, 0.1) is 5.92 Å². The molecule has 1 aliphatic carbocycles. The topological polar surface area (TPSA) is 66.5 Å². The molecule has 0 bridgehead atoms. The van der Waals surface area contributed by atoms with Crippen LogP contribution in [0.4, 0.5) is 0 Å². The Morgan fingerprint density at radius 1 is 1.00 bits per heavy atom. The molecule has 1 aliphatic heterocycles. The molecule has 166 valence electrons. The first-order chi connectivity index (χ1) is 14.8. The van der Waals surface area contributed by atoms with Crippen molar-refractivity contribution in [2.24, 2.45) is 5.92 Å². The van der Waals surface area contributed by atoms with Crippen LogP contribution in [0.5, 0.6) is 0 Å². The van der Waals surface area contributed by atoms with Crippen LogP contribution in [-0.4, -0.2) is 50.7 Å². The van der Waals surface area contributed by atoms with Crippen molar-refractivity contribution >= 4 is 27.3 Å². The van der Waals surface area contributed by atoms with Gasteiger partial charge in [0.1, 0.15) is 0 Å². The van der Waals surface area contributed by atoms with E-state index in [-0.39, 0.29) is 16.8 Å². The van der Waals surface area contributed by atoms with Gasteiger partial charge in [-0.1, -0.05) is 23.7 Å². The van der Waals surface area contributed by atoms with Gasteiger partial charge in [0.15, 0.2) is 9.84 Å². The first kappa shape index (κ1) is 22.3. The van der Waals surface area contributed by atoms with Crippen molar-refractivity contribution in [1.29, 1.82) is 0 Å². The summed E-state index contributed by atoms with van der Waals surface area (Å²) in [7, 11) is -3.26. The molecule has 2 aromatic rings. The number of carbonyl (C=O) groups excluding carboxylic acids is 1. The molecule has 7 heteroatoms. The maximum atomic E-state index is 12.6. The van der Waals surface area contributed by atoms with E-state index in [9.17, 15) is 13.2 Å². The molecule has 1 N–H and O–H groups in total. The van der Waals surface area contributed by atoms with Crippen LogP contribution in [0.3, 0.4) is 0 Å². The van der Waals surface area contributed by atoms with Gasteiger partial charge in [0, 0.05) is 28.9 Å². The van der Waals surface area contributed by atoms with E-state index in [0.717, 1.165) is 37.4 Å². The lowest BCUT2D eigenvalue weighted by Crippen LogP contribution is -2.59. The third-order valence-electron chi connectivity index (χ3n) is 6.65. The van der Waals surface area contributed by atoms with E-state index < -0.39 is 9.84 Å². The summed E-state index contributed by atoms with van der Waals surface area (Å²) in [5.41, 5.74) is 1.85. The molecule has 2 atom stereocenters. The zero-order valence-electron chi connectivity index (χ0n) is 17.8. The Bertz CT molecular complexity index is 1010. The van der Waals surface area contributed by atoms with E-state index in [1.54, 1.807) is 12.1 Å². The molecule has 0 radical (unpaired) electrons. The Morgan fingerprint density at radius 2 is 1.65 bits per heavy atom. The van der Waals surface area contributed by atoms with E-state index in [2.05, 4.69) is 22.3 Å². The van der Waals surface area contributed by atoms with Crippen LogP contribution in [0.2, 0.25) is 5.02 Å². The summed E-state index contributed by atoms with van der Waals surface area (Å²) in [6, 6.07) is 14.9. The molecule has 2 fully saturated rings. The highest BCUT2D eigenvalue weighted by atomic mass is 35.5. The smallest absolute Gasteiger partial charge is 0.251 e. The maximum absolute atomic E-state index is 12.6. The molecule has 4 rings (SSSR count). The molecular weight excluding hydrogens is 432 g/mol. The summed E-state index contributed by atoms with van der Waals surface area (Å²) in [6.45, 7) is 2.14. The molecule has 2 aromatic carbocycles. The van der Waals surface area contributed by atoms with Gasteiger partial charge < -0.3 is 5.32 Å². The quantitative estimate of drug-likeness (QED) is 0.708. The van der Waals surface area contributed by atoms with Crippen molar-refractivity contribution in [3.05, 3.63) is 64.7 Å². The Hall–Kier alpha value is -1.89. The second-order valence-electron chi connectivity index (χ2n) is 8.83. The molecule has 1 saturated heterocycles. The van der Waals surface area contributed by atoms with Crippen LogP contribution in [0.25, 0.3) is 0 Å². The molecule has 0 aromatic heterocycles. The second kappa shape index (κ2) is 9.31. The Labute approximate surface area is 189 Å². The summed E-state index contributed by atoms with van der Waals surface area (Å²) in [6.07, 6.45) is 6.71. The summed E-state index contributed by atoms with van der Waals surface area (Å²) >= 11 is 5.98. The van der Waals surface area contributed by atoms with E-state index in [1.807, 2.05) is 12.1 Å². The van der Waals surface area contributed by atoms with Crippen molar-refractivity contribution in [2.45, 2.75) is 49.1 Å². The summed E-state index contributed by atoms with van der Waals surface area (Å²) in [5.74, 6) is 0.561. The standard InChI is InChI=1S/C24H29ClN2O3S/c1-31(29,30)21-8-4-19(5-9-21)24(28)26-22-10-11-23(22)27-14-12-18(13-15-27)16-17-2-6-20(25)7-3-17/h2-9,18,22-23H,10-16H2,1H3,(H,26,28)/t22-,23+/m1/s1. The lowest BCUT2D eigenvalue weighted by Gasteiger charge is -2.47. The maximum Gasteiger partial charge on any atom is 0.251 e. The molecule has 1 heterocycles. The average Bonchev–Trinajstić information content (AvgIpc) is 2.73. The number of benzene rings is 2. The van der Waals surface area contributed by atoms with Gasteiger partial charge in [0.05, 0.1) is 4.90 Å². The minimum Gasteiger partial charge on any atom is -0.348 e. The van der Waals surface area contributed by atoms with Gasteiger partial charge in [-0.05, 0) is 93.1 Å². The Kier molecular flexibility index (Phi) is 6.70. The van der Waals surface area contributed by atoms with Crippen molar-refractivity contribution in [3.8, 4) is 0 Å². The van der Waals surface area contributed by atoms with Gasteiger partial charge in [-0.15, -0.1) is 0 Å². The molecule has 2 aliphatic rings. The zero-order valence-corrected chi connectivity index (χ0v) is 19.3. The number of nitrogens with zero attached hydrogens (tertiary/aromatic N) is 1. The number of piperidine rings is 1. The number of nitrogens with one attached hydrogen (secondary N) is 1. The van der Waals surface area contributed by atoms with Crippen LogP contribution in [0.15, 0.2) is 53.4 Å². The number of sulfone groups is 1. The third kappa shape index (κ3) is 5.48. The lowest BCUT2D eigenvalue weighted by atomic mass is 9.82. The fourth-order valence-corrected chi connectivity index (χ4v) is 5.39. The predicted octanol–water partition coefficient (Wildman–Crippen LogP) is 3.96. The monoisotopic (exact) mass is 460 g/mol. The number of halogens is 1. The SMILES string of the molecule is CS(=O)(=O)c1ccc(C(=O)N[C@@H]2CC[C@@H]2N2CCC(Cc3ccc(Cl)cc3)CC2)cc1. The molecular formula is C24H29ClN2O3S. The lowest BCUT2D eigenvalue weighted by molar-refractivity contribution is 0.0490. The van der Waals surface area contributed by atoms with Crippen LogP contribution in [0.1, 0.15) is 41.6 Å².